The number of hydrogen-bond acceptors (Lipinski definition) is 6. The molecule has 2 aliphatic heterocycles. The summed E-state index contributed by atoms with van der Waals surface area (Å²) < 4.78 is 0. The van der Waals surface area contributed by atoms with Crippen LogP contribution in [-0.2, 0) is 19.2 Å². The van der Waals surface area contributed by atoms with E-state index in [1.807, 2.05) is 12.2 Å². The molecule has 172 valence electrons. The molecule has 34 heavy (non-hydrogen) atoms. The van der Waals surface area contributed by atoms with Crippen LogP contribution in [0.2, 0.25) is 0 Å². The number of allylic oxidation sites excluding steroid dienone is 8. The molecule has 2 heterocycles. The van der Waals surface area contributed by atoms with Crippen molar-refractivity contribution in [2.24, 2.45) is 15.6 Å². The lowest BCUT2D eigenvalue weighted by atomic mass is 9.62. The van der Waals surface area contributed by atoms with Crippen molar-refractivity contribution in [1.29, 1.82) is 0 Å². The Kier molecular flexibility index (Phi) is 5.65. The highest BCUT2D eigenvalue weighted by atomic mass is 16.2. The van der Waals surface area contributed by atoms with Gasteiger partial charge in [-0.05, 0) is 36.1 Å². The predicted molar refractivity (Wildman–Crippen MR) is 126 cm³/mol. The normalized spacial score (nSPS) is 26.4. The molecule has 0 saturated heterocycles. The van der Waals surface area contributed by atoms with E-state index in [9.17, 15) is 19.2 Å². The summed E-state index contributed by atoms with van der Waals surface area (Å²) in [6, 6.07) is 0. The lowest BCUT2D eigenvalue weighted by Crippen LogP contribution is -2.30. The summed E-state index contributed by atoms with van der Waals surface area (Å²) in [5.74, 6) is -1.69. The van der Waals surface area contributed by atoms with E-state index in [1.165, 1.54) is 41.9 Å². The molecule has 8 nitrogen and oxygen atoms in total. The van der Waals surface area contributed by atoms with Gasteiger partial charge in [-0.25, -0.2) is 0 Å². The minimum atomic E-state index is -0.424. The second kappa shape index (κ2) is 8.78. The van der Waals surface area contributed by atoms with Crippen LogP contribution in [0.25, 0.3) is 0 Å². The van der Waals surface area contributed by atoms with Gasteiger partial charge in [0.05, 0.1) is 11.4 Å². The van der Waals surface area contributed by atoms with Crippen LogP contribution in [0.3, 0.4) is 0 Å². The molecule has 0 radical (unpaired) electrons. The van der Waals surface area contributed by atoms with Crippen molar-refractivity contribution >= 4 is 35.1 Å². The Hall–Kier alpha value is -3.94. The van der Waals surface area contributed by atoms with E-state index in [2.05, 4.69) is 34.5 Å². The SMILES string of the molecule is O=C1C=CC(=O)N1N=C1C=CC(C2(C3=CCC(=NN4C(=O)C=CC4=O)C=C3)CCCCC2)=CC1. The van der Waals surface area contributed by atoms with Crippen molar-refractivity contribution in [2.75, 3.05) is 0 Å². The highest BCUT2D eigenvalue weighted by molar-refractivity contribution is 6.14. The molecular formula is C26H24N4O4. The Labute approximate surface area is 197 Å². The molecule has 1 saturated carbocycles. The smallest absolute Gasteiger partial charge is 0.267 e. The fourth-order valence-electron chi connectivity index (χ4n) is 5.07. The molecule has 0 aromatic carbocycles. The van der Waals surface area contributed by atoms with Crippen molar-refractivity contribution < 1.29 is 19.2 Å². The number of amides is 4. The Morgan fingerprint density at radius 1 is 0.559 bits per heavy atom. The van der Waals surface area contributed by atoms with Crippen molar-refractivity contribution in [1.82, 2.24) is 10.0 Å². The van der Waals surface area contributed by atoms with Gasteiger partial charge in [0.2, 0.25) is 0 Å². The second-order valence-electron chi connectivity index (χ2n) is 8.86. The van der Waals surface area contributed by atoms with Crippen LogP contribution in [0.15, 0.2) is 82.1 Å². The summed E-state index contributed by atoms with van der Waals surface area (Å²) in [5, 5.41) is 10.3. The van der Waals surface area contributed by atoms with Gasteiger partial charge in [0.1, 0.15) is 0 Å². The molecule has 5 rings (SSSR count). The molecule has 0 bridgehead atoms. The highest BCUT2D eigenvalue weighted by Gasteiger charge is 2.38. The monoisotopic (exact) mass is 456 g/mol. The van der Waals surface area contributed by atoms with Gasteiger partial charge in [-0.15, -0.1) is 0 Å². The summed E-state index contributed by atoms with van der Waals surface area (Å²) in [4.78, 5) is 47.2. The number of carbonyl (C=O) groups is 4. The van der Waals surface area contributed by atoms with Crippen LogP contribution in [0.4, 0.5) is 0 Å². The fourth-order valence-corrected chi connectivity index (χ4v) is 5.07. The first-order chi connectivity index (χ1) is 16.5. The molecule has 4 amide bonds. The third kappa shape index (κ3) is 3.96. The summed E-state index contributed by atoms with van der Waals surface area (Å²) in [6.45, 7) is 0. The Morgan fingerprint density at radius 2 is 0.971 bits per heavy atom. The van der Waals surface area contributed by atoms with Gasteiger partial charge in [-0.1, -0.05) is 43.6 Å². The topological polar surface area (TPSA) is 99.5 Å². The fraction of sp³-hybridized carbons (Fsp3) is 0.308. The zero-order valence-corrected chi connectivity index (χ0v) is 18.6. The van der Waals surface area contributed by atoms with Crippen LogP contribution in [0.1, 0.15) is 44.9 Å². The second-order valence-corrected chi connectivity index (χ2v) is 8.86. The van der Waals surface area contributed by atoms with Gasteiger partial charge in [0, 0.05) is 42.6 Å². The van der Waals surface area contributed by atoms with Crippen LogP contribution < -0.4 is 0 Å². The van der Waals surface area contributed by atoms with Crippen molar-refractivity contribution in [2.45, 2.75) is 44.9 Å². The van der Waals surface area contributed by atoms with E-state index in [4.69, 9.17) is 0 Å². The highest BCUT2D eigenvalue weighted by Crippen LogP contribution is 2.50. The van der Waals surface area contributed by atoms with Crippen molar-refractivity contribution in [3.8, 4) is 0 Å². The number of hydrogen-bond donors (Lipinski definition) is 0. The van der Waals surface area contributed by atoms with E-state index in [1.54, 1.807) is 0 Å². The first-order valence-corrected chi connectivity index (χ1v) is 11.5. The summed E-state index contributed by atoms with van der Waals surface area (Å²) in [7, 11) is 0. The van der Waals surface area contributed by atoms with Gasteiger partial charge in [0.25, 0.3) is 23.6 Å². The lowest BCUT2D eigenvalue weighted by molar-refractivity contribution is -0.138. The largest absolute Gasteiger partial charge is 0.274 e. The molecule has 5 aliphatic rings. The molecule has 0 spiro atoms. The first kappa shape index (κ1) is 21.9. The Bertz CT molecular complexity index is 1100. The lowest BCUT2D eigenvalue weighted by Gasteiger charge is -2.41. The molecule has 3 aliphatic carbocycles. The van der Waals surface area contributed by atoms with Crippen LogP contribution >= 0.6 is 0 Å². The van der Waals surface area contributed by atoms with Gasteiger partial charge in [-0.2, -0.15) is 20.2 Å². The molecular weight excluding hydrogens is 432 g/mol. The van der Waals surface area contributed by atoms with Crippen molar-refractivity contribution in [3.05, 3.63) is 71.9 Å². The maximum Gasteiger partial charge on any atom is 0.274 e. The minimum Gasteiger partial charge on any atom is -0.267 e. The Morgan fingerprint density at radius 3 is 1.32 bits per heavy atom. The number of rotatable bonds is 4. The van der Waals surface area contributed by atoms with Crippen LogP contribution in [-0.4, -0.2) is 45.1 Å². The average molecular weight is 457 g/mol. The van der Waals surface area contributed by atoms with E-state index in [-0.39, 0.29) is 5.41 Å². The zero-order chi connectivity index (χ0) is 23.7. The zero-order valence-electron chi connectivity index (χ0n) is 18.6. The molecule has 0 aromatic heterocycles. The minimum absolute atomic E-state index is 0.121. The van der Waals surface area contributed by atoms with Gasteiger partial charge in [-0.3, -0.25) is 19.2 Å². The first-order valence-electron chi connectivity index (χ1n) is 11.5. The molecule has 1 fully saturated rings. The van der Waals surface area contributed by atoms with Gasteiger partial charge < -0.3 is 0 Å². The third-order valence-electron chi connectivity index (χ3n) is 6.81. The third-order valence-corrected chi connectivity index (χ3v) is 6.81. The van der Waals surface area contributed by atoms with Gasteiger partial charge >= 0.3 is 0 Å². The Balaban J connectivity index is 1.35. The standard InChI is InChI=1S/C26H24N4O4/c31-22-12-13-23(32)29(22)27-20-8-4-18(5-9-20)26(16-2-1-3-17-26)19-6-10-21(11-7-19)28-30-24(33)14-15-25(30)34/h4-8,10,12-15H,1-3,9,11,16-17H2. The van der Waals surface area contributed by atoms with E-state index in [0.717, 1.165) is 35.7 Å². The molecule has 0 unspecified atom stereocenters. The van der Waals surface area contributed by atoms with E-state index in [0.29, 0.717) is 24.3 Å². The maximum atomic E-state index is 11.8. The van der Waals surface area contributed by atoms with Crippen molar-refractivity contribution in [3.63, 3.8) is 0 Å². The number of imide groups is 2. The van der Waals surface area contributed by atoms with Crippen LogP contribution in [0, 0.1) is 5.41 Å². The number of carbonyl (C=O) groups excluding carboxylic acids is 4. The van der Waals surface area contributed by atoms with Crippen LogP contribution in [0.5, 0.6) is 0 Å². The molecule has 0 aromatic rings. The predicted octanol–water partition coefficient (Wildman–Crippen LogP) is 3.27. The molecule has 8 heteroatoms. The van der Waals surface area contributed by atoms with E-state index < -0.39 is 23.6 Å². The number of nitrogens with zero attached hydrogens (tertiary/aromatic N) is 4. The quantitative estimate of drug-likeness (QED) is 0.606. The average Bonchev–Trinajstić information content (AvgIpc) is 3.35. The number of hydrazone groups is 2. The molecule has 0 atom stereocenters. The summed E-state index contributed by atoms with van der Waals surface area (Å²) >= 11 is 0. The van der Waals surface area contributed by atoms with E-state index >= 15 is 0 Å². The van der Waals surface area contributed by atoms with Gasteiger partial charge in [0.15, 0.2) is 0 Å². The summed E-state index contributed by atoms with van der Waals surface area (Å²) in [5.41, 5.74) is 3.64. The maximum absolute atomic E-state index is 11.8. The molecule has 0 N–H and O–H groups in total. The summed E-state index contributed by atoms with van der Waals surface area (Å²) in [6.07, 6.45) is 23.7.